The van der Waals surface area contributed by atoms with Gasteiger partial charge in [0.05, 0.1) is 54.2 Å². The summed E-state index contributed by atoms with van der Waals surface area (Å²) in [5, 5.41) is 4.40. The molecule has 2 aromatic carbocycles. The first-order chi connectivity index (χ1) is 19.0. The first-order valence-electron chi connectivity index (χ1n) is 12.8. The maximum Gasteiger partial charge on any atom is 0.336 e. The van der Waals surface area contributed by atoms with Crippen molar-refractivity contribution in [3.63, 3.8) is 0 Å². The second kappa shape index (κ2) is 10.2. The van der Waals surface area contributed by atoms with Gasteiger partial charge in [-0.05, 0) is 43.3 Å². The van der Waals surface area contributed by atoms with Crippen molar-refractivity contribution in [2.45, 2.75) is 19.1 Å². The van der Waals surface area contributed by atoms with E-state index in [1.807, 2.05) is 67.6 Å². The molecule has 1 fully saturated rings. The number of morpholine rings is 1. The number of nitrogens with zero attached hydrogens (tertiary/aromatic N) is 3. The topological polar surface area (TPSA) is 125 Å². The Morgan fingerprint density at radius 3 is 2.79 bits per heavy atom. The Labute approximate surface area is 224 Å². The molecule has 3 N–H and O–H groups in total. The van der Waals surface area contributed by atoms with Gasteiger partial charge in [-0.25, -0.2) is 9.78 Å². The van der Waals surface area contributed by atoms with E-state index in [0.29, 0.717) is 36.8 Å². The fourth-order valence-corrected chi connectivity index (χ4v) is 5.01. The molecule has 3 aromatic heterocycles. The molecule has 4 heterocycles. The third-order valence-electron chi connectivity index (χ3n) is 7.01. The van der Waals surface area contributed by atoms with Gasteiger partial charge in [0.2, 0.25) is 0 Å². The number of pyridine rings is 2. The highest BCUT2D eigenvalue weighted by Gasteiger charge is 2.28. The average molecular weight is 525 g/mol. The molecule has 5 aromatic rings. The van der Waals surface area contributed by atoms with E-state index in [1.54, 1.807) is 6.20 Å². The number of benzene rings is 2. The number of nitrogens with one attached hydrogen (secondary N) is 3. The molecule has 6 rings (SSSR count). The minimum Gasteiger partial charge on any atom is -0.467 e. The van der Waals surface area contributed by atoms with E-state index in [1.165, 1.54) is 7.11 Å². The van der Waals surface area contributed by atoms with Gasteiger partial charge in [0, 0.05) is 23.8 Å². The second-order valence-electron chi connectivity index (χ2n) is 9.49. The summed E-state index contributed by atoms with van der Waals surface area (Å²) in [6.45, 7) is 3.46. The SMILES string of the molecule is COC(=O)[C@@H]1CN(c2ccc3nc(-c4c(N[C@@H](C)c5ccccn5)c5ccccc5[nH]c4=O)[nH]c3c2)CCO1. The zero-order valence-corrected chi connectivity index (χ0v) is 21.6. The van der Waals surface area contributed by atoms with Gasteiger partial charge >= 0.3 is 5.97 Å². The Balaban J connectivity index is 1.41. The Bertz CT molecular complexity index is 1710. The van der Waals surface area contributed by atoms with Gasteiger partial charge in [0.1, 0.15) is 11.4 Å². The molecule has 0 radical (unpaired) electrons. The molecule has 1 aliphatic rings. The number of hydrogen-bond donors (Lipinski definition) is 3. The van der Waals surface area contributed by atoms with Crippen LogP contribution in [0, 0.1) is 0 Å². The lowest BCUT2D eigenvalue weighted by atomic mass is 10.1. The van der Waals surface area contributed by atoms with Crippen molar-refractivity contribution in [1.29, 1.82) is 0 Å². The summed E-state index contributed by atoms with van der Waals surface area (Å²) in [7, 11) is 1.36. The summed E-state index contributed by atoms with van der Waals surface area (Å²) in [6.07, 6.45) is 1.12. The van der Waals surface area contributed by atoms with Gasteiger partial charge in [-0.1, -0.05) is 24.3 Å². The number of rotatable bonds is 6. The normalized spacial score (nSPS) is 16.4. The van der Waals surface area contributed by atoms with Gasteiger partial charge in [-0.15, -0.1) is 0 Å². The van der Waals surface area contributed by atoms with Crippen LogP contribution >= 0.6 is 0 Å². The third kappa shape index (κ3) is 4.70. The lowest BCUT2D eigenvalue weighted by molar-refractivity contribution is -0.154. The molecule has 0 aliphatic carbocycles. The average Bonchev–Trinajstić information content (AvgIpc) is 3.40. The number of aromatic nitrogens is 4. The summed E-state index contributed by atoms with van der Waals surface area (Å²) in [4.78, 5) is 43.2. The van der Waals surface area contributed by atoms with Crippen LogP contribution in [0.15, 0.2) is 71.7 Å². The van der Waals surface area contributed by atoms with E-state index in [2.05, 4.69) is 25.2 Å². The van der Waals surface area contributed by atoms with Crippen molar-refractivity contribution in [2.24, 2.45) is 0 Å². The number of methoxy groups -OCH3 is 1. The maximum atomic E-state index is 13.5. The molecule has 0 unspecified atom stereocenters. The summed E-state index contributed by atoms with van der Waals surface area (Å²) in [5.41, 5.74) is 4.86. The van der Waals surface area contributed by atoms with Crippen LogP contribution in [0.2, 0.25) is 0 Å². The van der Waals surface area contributed by atoms with Gasteiger partial charge < -0.3 is 29.7 Å². The van der Waals surface area contributed by atoms with Crippen LogP contribution in [-0.4, -0.2) is 58.8 Å². The highest BCUT2D eigenvalue weighted by atomic mass is 16.6. The first-order valence-corrected chi connectivity index (χ1v) is 12.8. The molecule has 0 amide bonds. The standard InChI is InChI=1S/C29H28N6O4/c1-17(20-8-5-6-12-30-20)31-26-19-7-3-4-9-21(19)34-28(36)25(26)27-32-22-11-10-18(15-23(22)33-27)35-13-14-39-24(16-35)29(37)38-2/h3-12,15,17,24H,13-14,16H2,1-2H3,(H,32,33)(H2,31,34,36)/t17-,24-/m0/s1. The lowest BCUT2D eigenvalue weighted by Crippen LogP contribution is -2.46. The van der Waals surface area contributed by atoms with E-state index >= 15 is 0 Å². The molecule has 0 saturated carbocycles. The quantitative estimate of drug-likeness (QED) is 0.285. The van der Waals surface area contributed by atoms with Gasteiger partial charge in [0.25, 0.3) is 5.56 Å². The van der Waals surface area contributed by atoms with Crippen molar-refractivity contribution in [3.8, 4) is 11.4 Å². The molecule has 0 bridgehead atoms. The van der Waals surface area contributed by atoms with Crippen LogP contribution < -0.4 is 15.8 Å². The molecular formula is C29H28N6O4. The number of carbonyl (C=O) groups excluding carboxylic acids is 1. The zero-order chi connectivity index (χ0) is 26.9. The monoisotopic (exact) mass is 524 g/mol. The minimum atomic E-state index is -0.636. The molecule has 0 spiro atoms. The predicted octanol–water partition coefficient (Wildman–Crippen LogP) is 4.02. The number of fused-ring (bicyclic) bond motifs is 2. The Kier molecular flexibility index (Phi) is 6.45. The van der Waals surface area contributed by atoms with E-state index in [0.717, 1.165) is 33.3 Å². The number of imidazole rings is 1. The Morgan fingerprint density at radius 1 is 1.13 bits per heavy atom. The predicted molar refractivity (Wildman–Crippen MR) is 150 cm³/mol. The van der Waals surface area contributed by atoms with Crippen molar-refractivity contribution in [1.82, 2.24) is 19.9 Å². The summed E-state index contributed by atoms with van der Waals surface area (Å²) >= 11 is 0. The minimum absolute atomic E-state index is 0.157. The molecule has 1 saturated heterocycles. The van der Waals surface area contributed by atoms with Crippen LogP contribution in [0.4, 0.5) is 11.4 Å². The van der Waals surface area contributed by atoms with Crippen molar-refractivity contribution >= 4 is 39.3 Å². The fraction of sp³-hybridized carbons (Fsp3) is 0.241. The maximum absolute atomic E-state index is 13.5. The van der Waals surface area contributed by atoms with Gasteiger partial charge in [0.15, 0.2) is 6.10 Å². The highest BCUT2D eigenvalue weighted by Crippen LogP contribution is 2.34. The number of esters is 1. The first kappa shape index (κ1) is 24.6. The van der Waals surface area contributed by atoms with E-state index in [9.17, 15) is 9.59 Å². The van der Waals surface area contributed by atoms with Crippen LogP contribution in [0.5, 0.6) is 0 Å². The molecule has 39 heavy (non-hydrogen) atoms. The number of ether oxygens (including phenoxy) is 2. The van der Waals surface area contributed by atoms with E-state index in [-0.39, 0.29) is 17.6 Å². The lowest BCUT2D eigenvalue weighted by Gasteiger charge is -2.33. The van der Waals surface area contributed by atoms with Crippen LogP contribution in [0.1, 0.15) is 18.7 Å². The molecule has 2 atom stereocenters. The molecular weight excluding hydrogens is 496 g/mol. The molecule has 198 valence electrons. The summed E-state index contributed by atoms with van der Waals surface area (Å²) < 4.78 is 10.4. The zero-order valence-electron chi connectivity index (χ0n) is 21.6. The number of para-hydroxylation sites is 1. The number of aromatic amines is 2. The second-order valence-corrected chi connectivity index (χ2v) is 9.49. The Hall–Kier alpha value is -4.70. The largest absolute Gasteiger partial charge is 0.467 e. The molecule has 10 nitrogen and oxygen atoms in total. The summed E-state index contributed by atoms with van der Waals surface area (Å²) in [5.74, 6) is 0.0689. The fourth-order valence-electron chi connectivity index (χ4n) is 5.01. The van der Waals surface area contributed by atoms with Crippen molar-refractivity contribution in [2.75, 3.05) is 37.0 Å². The van der Waals surface area contributed by atoms with Crippen molar-refractivity contribution in [3.05, 3.63) is 82.9 Å². The number of hydrogen-bond acceptors (Lipinski definition) is 8. The third-order valence-corrected chi connectivity index (χ3v) is 7.01. The van der Waals surface area contributed by atoms with Crippen LogP contribution in [0.3, 0.4) is 0 Å². The number of H-pyrrole nitrogens is 2. The van der Waals surface area contributed by atoms with Crippen LogP contribution in [0.25, 0.3) is 33.3 Å². The molecule has 10 heteroatoms. The van der Waals surface area contributed by atoms with Gasteiger partial charge in [-0.3, -0.25) is 9.78 Å². The van der Waals surface area contributed by atoms with Crippen LogP contribution in [-0.2, 0) is 14.3 Å². The smallest absolute Gasteiger partial charge is 0.336 e. The van der Waals surface area contributed by atoms with E-state index < -0.39 is 6.10 Å². The van der Waals surface area contributed by atoms with Gasteiger partial charge in [-0.2, -0.15) is 0 Å². The highest BCUT2D eigenvalue weighted by molar-refractivity contribution is 5.99. The van der Waals surface area contributed by atoms with Crippen molar-refractivity contribution < 1.29 is 14.3 Å². The Morgan fingerprint density at radius 2 is 1.97 bits per heavy atom. The number of carbonyl (C=O) groups is 1. The summed E-state index contributed by atoms with van der Waals surface area (Å²) in [6, 6.07) is 19.1. The molecule has 1 aliphatic heterocycles. The number of anilines is 2. The van der Waals surface area contributed by atoms with E-state index in [4.69, 9.17) is 14.5 Å².